The van der Waals surface area contributed by atoms with E-state index in [0.717, 1.165) is 22.2 Å². The molecule has 0 aliphatic rings. The van der Waals surface area contributed by atoms with E-state index in [4.69, 9.17) is 10.00 Å². The van der Waals surface area contributed by atoms with Crippen LogP contribution in [0.5, 0.6) is 11.5 Å². The highest BCUT2D eigenvalue weighted by Gasteiger charge is 1.99. The Hall–Kier alpha value is -2.45. The number of benzene rings is 1. The largest absolute Gasteiger partial charge is 0.457 e. The summed E-state index contributed by atoms with van der Waals surface area (Å²) in [5.74, 6) is 1.49. The van der Waals surface area contributed by atoms with Gasteiger partial charge in [0, 0.05) is 24.2 Å². The second-order valence-electron chi connectivity index (χ2n) is 3.78. The summed E-state index contributed by atoms with van der Waals surface area (Å²) >= 11 is 1.49. The molecule has 1 aromatic carbocycles. The quantitative estimate of drug-likeness (QED) is 0.840. The minimum atomic E-state index is 0.745. The van der Waals surface area contributed by atoms with Crippen molar-refractivity contribution in [3.63, 3.8) is 0 Å². The minimum Gasteiger partial charge on any atom is -0.457 e. The van der Waals surface area contributed by atoms with Crippen LogP contribution in [0.2, 0.25) is 0 Å². The number of nitrogens with zero attached hydrogens (tertiary/aromatic N) is 2. The third kappa shape index (κ3) is 4.04. The molecule has 0 saturated heterocycles. The smallest absolute Gasteiger partial charge is 0.130 e. The standard InChI is InChI=1S/C15H13N3OS/c1-20-15(6-9-16)18-12-2-4-13(5-3-12)19-14-7-10-17-11-8-14/h2-8,10-11,18H,1H3/b15-6-. The lowest BCUT2D eigenvalue weighted by molar-refractivity contribution is 0.482. The van der Waals surface area contributed by atoms with Gasteiger partial charge in [-0.05, 0) is 42.7 Å². The predicted octanol–water partition coefficient (Wildman–Crippen LogP) is 4.01. The van der Waals surface area contributed by atoms with Crippen molar-refractivity contribution in [2.45, 2.75) is 0 Å². The molecule has 0 atom stereocenters. The summed E-state index contributed by atoms with van der Waals surface area (Å²) in [5, 5.41) is 12.6. The topological polar surface area (TPSA) is 57.9 Å². The summed E-state index contributed by atoms with van der Waals surface area (Å²) in [7, 11) is 0. The molecule has 5 heteroatoms. The number of rotatable bonds is 5. The fourth-order valence-corrected chi connectivity index (χ4v) is 1.89. The molecule has 0 amide bonds. The van der Waals surface area contributed by atoms with Crippen LogP contribution >= 0.6 is 11.8 Å². The van der Waals surface area contributed by atoms with Crippen LogP contribution in [0.4, 0.5) is 5.69 Å². The van der Waals surface area contributed by atoms with E-state index in [2.05, 4.69) is 10.3 Å². The molecule has 1 N–H and O–H groups in total. The molecule has 0 aliphatic heterocycles. The van der Waals surface area contributed by atoms with Gasteiger partial charge in [-0.15, -0.1) is 11.8 Å². The molecule has 4 nitrogen and oxygen atoms in total. The zero-order chi connectivity index (χ0) is 14.2. The molecule has 0 fully saturated rings. The van der Waals surface area contributed by atoms with Crippen LogP contribution in [0.3, 0.4) is 0 Å². The minimum absolute atomic E-state index is 0.745. The third-order valence-corrected chi connectivity index (χ3v) is 3.08. The van der Waals surface area contributed by atoms with Crippen molar-refractivity contribution in [1.82, 2.24) is 4.98 Å². The zero-order valence-electron chi connectivity index (χ0n) is 10.9. The Morgan fingerprint density at radius 3 is 2.45 bits per heavy atom. The number of nitrogens with one attached hydrogen (secondary N) is 1. The van der Waals surface area contributed by atoms with Crippen molar-refractivity contribution in [2.24, 2.45) is 0 Å². The molecule has 2 aromatic rings. The lowest BCUT2D eigenvalue weighted by Gasteiger charge is -2.09. The first-order valence-electron chi connectivity index (χ1n) is 5.90. The van der Waals surface area contributed by atoms with E-state index in [1.54, 1.807) is 24.5 Å². The predicted molar refractivity (Wildman–Crippen MR) is 81.6 cm³/mol. The van der Waals surface area contributed by atoms with E-state index in [0.29, 0.717) is 0 Å². The highest BCUT2D eigenvalue weighted by Crippen LogP contribution is 2.24. The van der Waals surface area contributed by atoms with E-state index >= 15 is 0 Å². The van der Waals surface area contributed by atoms with Crippen molar-refractivity contribution >= 4 is 17.4 Å². The summed E-state index contributed by atoms with van der Waals surface area (Å²) < 4.78 is 5.67. The Morgan fingerprint density at radius 2 is 1.85 bits per heavy atom. The van der Waals surface area contributed by atoms with Crippen LogP contribution in [0.1, 0.15) is 0 Å². The Balaban J connectivity index is 2.03. The average molecular weight is 283 g/mol. The fourth-order valence-electron chi connectivity index (χ4n) is 1.50. The first-order chi connectivity index (χ1) is 9.81. The van der Waals surface area contributed by atoms with Gasteiger partial charge in [-0.3, -0.25) is 4.98 Å². The summed E-state index contributed by atoms with van der Waals surface area (Å²) in [6.07, 6.45) is 6.76. The van der Waals surface area contributed by atoms with E-state index in [-0.39, 0.29) is 0 Å². The maximum atomic E-state index is 8.65. The second kappa shape index (κ2) is 7.22. The molecular weight excluding hydrogens is 270 g/mol. The number of ether oxygens (including phenoxy) is 1. The van der Waals surface area contributed by atoms with Gasteiger partial charge in [0.1, 0.15) is 11.5 Å². The van der Waals surface area contributed by atoms with Gasteiger partial charge in [-0.2, -0.15) is 5.26 Å². The maximum absolute atomic E-state index is 8.65. The Morgan fingerprint density at radius 1 is 1.20 bits per heavy atom. The molecule has 2 rings (SSSR count). The number of thioether (sulfide) groups is 1. The SMILES string of the molecule is CS/C(=C\C#N)Nc1ccc(Oc2ccncc2)cc1. The van der Waals surface area contributed by atoms with Gasteiger partial charge in [0.25, 0.3) is 0 Å². The summed E-state index contributed by atoms with van der Waals surface area (Å²) in [4.78, 5) is 3.94. The molecule has 20 heavy (non-hydrogen) atoms. The molecule has 1 aromatic heterocycles. The Kier molecular flexibility index (Phi) is 5.04. The highest BCUT2D eigenvalue weighted by atomic mass is 32.2. The van der Waals surface area contributed by atoms with Crippen LogP contribution in [-0.2, 0) is 0 Å². The summed E-state index contributed by atoms with van der Waals surface area (Å²) in [6.45, 7) is 0. The van der Waals surface area contributed by atoms with E-state index in [9.17, 15) is 0 Å². The first-order valence-corrected chi connectivity index (χ1v) is 7.13. The lowest BCUT2D eigenvalue weighted by atomic mass is 10.3. The number of anilines is 1. The van der Waals surface area contributed by atoms with Gasteiger partial charge in [0.15, 0.2) is 0 Å². The zero-order valence-corrected chi connectivity index (χ0v) is 11.7. The van der Waals surface area contributed by atoms with Gasteiger partial charge in [0.05, 0.1) is 11.1 Å². The van der Waals surface area contributed by atoms with E-state index < -0.39 is 0 Å². The third-order valence-electron chi connectivity index (χ3n) is 2.42. The normalized spacial score (nSPS) is 10.7. The van der Waals surface area contributed by atoms with Gasteiger partial charge in [-0.25, -0.2) is 0 Å². The monoisotopic (exact) mass is 283 g/mol. The molecule has 0 bridgehead atoms. The molecule has 1 heterocycles. The number of allylic oxidation sites excluding steroid dienone is 1. The molecular formula is C15H13N3OS. The summed E-state index contributed by atoms with van der Waals surface area (Å²) in [6, 6.07) is 13.1. The van der Waals surface area contributed by atoms with Crippen LogP contribution in [0.25, 0.3) is 0 Å². The molecule has 0 radical (unpaired) electrons. The number of nitriles is 1. The van der Waals surface area contributed by atoms with Crippen molar-refractivity contribution in [2.75, 3.05) is 11.6 Å². The molecule has 0 spiro atoms. The Labute approximate surface area is 122 Å². The first kappa shape index (κ1) is 14.0. The van der Waals surface area contributed by atoms with Crippen LogP contribution in [0.15, 0.2) is 59.9 Å². The van der Waals surface area contributed by atoms with E-state index in [1.807, 2.05) is 36.6 Å². The van der Waals surface area contributed by atoms with Crippen molar-refractivity contribution < 1.29 is 4.74 Å². The van der Waals surface area contributed by atoms with E-state index in [1.165, 1.54) is 17.8 Å². The number of pyridine rings is 1. The lowest BCUT2D eigenvalue weighted by Crippen LogP contribution is -1.95. The number of hydrogen-bond donors (Lipinski definition) is 1. The molecule has 0 unspecified atom stereocenters. The highest BCUT2D eigenvalue weighted by molar-refractivity contribution is 8.02. The van der Waals surface area contributed by atoms with Crippen LogP contribution < -0.4 is 10.1 Å². The average Bonchev–Trinajstić information content (AvgIpc) is 2.50. The number of hydrogen-bond acceptors (Lipinski definition) is 5. The second-order valence-corrected chi connectivity index (χ2v) is 4.62. The van der Waals surface area contributed by atoms with Crippen molar-refractivity contribution in [3.8, 4) is 17.6 Å². The van der Waals surface area contributed by atoms with Gasteiger partial charge < -0.3 is 10.1 Å². The van der Waals surface area contributed by atoms with Crippen LogP contribution in [0, 0.1) is 11.3 Å². The molecule has 0 saturated carbocycles. The van der Waals surface area contributed by atoms with Gasteiger partial charge in [0.2, 0.25) is 0 Å². The molecule has 100 valence electrons. The van der Waals surface area contributed by atoms with Gasteiger partial charge in [-0.1, -0.05) is 0 Å². The number of aromatic nitrogens is 1. The van der Waals surface area contributed by atoms with Crippen LogP contribution in [-0.4, -0.2) is 11.2 Å². The van der Waals surface area contributed by atoms with Gasteiger partial charge >= 0.3 is 0 Å². The summed E-state index contributed by atoms with van der Waals surface area (Å²) in [5.41, 5.74) is 0.905. The van der Waals surface area contributed by atoms with Crippen molar-refractivity contribution in [1.29, 1.82) is 5.26 Å². The maximum Gasteiger partial charge on any atom is 0.130 e. The fraction of sp³-hybridized carbons (Fsp3) is 0.0667. The molecule has 0 aliphatic carbocycles. The van der Waals surface area contributed by atoms with Crippen molar-refractivity contribution in [3.05, 3.63) is 59.9 Å². The Bertz CT molecular complexity index is 618.